The highest BCUT2D eigenvalue weighted by molar-refractivity contribution is 7.51. The standard InChI is InChI=1S/C31H29O4P/c1-31-14-6-10-26-24(23-16-20(18-34-2)15-21(17-23)19-35-36(3,32)33)12-13-27(30(26)31)25-9-4-7-22-8-5-11-28(31)29(22)25/h4-13,15-17H,14,18-19H2,1-3H3,(H,32,33). The second kappa shape index (κ2) is 8.54. The summed E-state index contributed by atoms with van der Waals surface area (Å²) in [6.07, 6.45) is 5.51. The molecule has 0 amide bonds. The summed E-state index contributed by atoms with van der Waals surface area (Å²) in [7, 11) is -1.91. The third-order valence-electron chi connectivity index (χ3n) is 7.54. The van der Waals surface area contributed by atoms with Crippen LogP contribution < -0.4 is 0 Å². The van der Waals surface area contributed by atoms with E-state index in [1.54, 1.807) is 7.11 Å². The summed E-state index contributed by atoms with van der Waals surface area (Å²) in [5, 5.41) is 2.64. The Labute approximate surface area is 211 Å². The molecule has 1 N–H and O–H groups in total. The van der Waals surface area contributed by atoms with Crippen LogP contribution in [0.1, 0.15) is 41.2 Å². The van der Waals surface area contributed by atoms with Gasteiger partial charge >= 0.3 is 7.60 Å². The van der Waals surface area contributed by atoms with Gasteiger partial charge in [0.05, 0.1) is 13.2 Å². The van der Waals surface area contributed by atoms with E-state index >= 15 is 0 Å². The zero-order valence-corrected chi connectivity index (χ0v) is 21.6. The number of ether oxygens (including phenoxy) is 1. The van der Waals surface area contributed by atoms with E-state index in [9.17, 15) is 9.46 Å². The van der Waals surface area contributed by atoms with Crippen molar-refractivity contribution in [3.63, 3.8) is 0 Å². The van der Waals surface area contributed by atoms with E-state index in [1.165, 1.54) is 45.3 Å². The van der Waals surface area contributed by atoms with Gasteiger partial charge in [0.2, 0.25) is 0 Å². The van der Waals surface area contributed by atoms with E-state index in [4.69, 9.17) is 9.26 Å². The summed E-state index contributed by atoms with van der Waals surface area (Å²) >= 11 is 0. The van der Waals surface area contributed by atoms with Gasteiger partial charge in [-0.1, -0.05) is 73.7 Å². The van der Waals surface area contributed by atoms with Crippen LogP contribution in [0.25, 0.3) is 39.1 Å². The predicted molar refractivity (Wildman–Crippen MR) is 146 cm³/mol. The first-order valence-electron chi connectivity index (χ1n) is 12.2. The molecule has 2 atom stereocenters. The summed E-state index contributed by atoms with van der Waals surface area (Å²) in [6.45, 7) is 4.10. The van der Waals surface area contributed by atoms with Crippen LogP contribution in [0.15, 0.2) is 72.8 Å². The topological polar surface area (TPSA) is 55.8 Å². The van der Waals surface area contributed by atoms with E-state index in [2.05, 4.69) is 79.7 Å². The average Bonchev–Trinajstić information content (AvgIpc) is 2.85. The second-order valence-corrected chi connectivity index (χ2v) is 12.0. The van der Waals surface area contributed by atoms with Gasteiger partial charge in [0.1, 0.15) is 0 Å². The van der Waals surface area contributed by atoms with Crippen molar-refractivity contribution >= 4 is 24.4 Å². The molecule has 36 heavy (non-hydrogen) atoms. The average molecular weight is 497 g/mol. The molecule has 0 spiro atoms. The quantitative estimate of drug-likeness (QED) is 0.278. The van der Waals surface area contributed by atoms with Gasteiger partial charge in [-0.2, -0.15) is 0 Å². The van der Waals surface area contributed by atoms with Crippen LogP contribution >= 0.6 is 7.60 Å². The fraction of sp³-hybridized carbons (Fsp3) is 0.226. The fourth-order valence-electron chi connectivity index (χ4n) is 6.09. The van der Waals surface area contributed by atoms with Gasteiger partial charge in [-0.15, -0.1) is 0 Å². The number of fused-ring (bicyclic) bond motifs is 2. The molecule has 0 saturated heterocycles. The summed E-state index contributed by atoms with van der Waals surface area (Å²) in [5.74, 6) is 0. The van der Waals surface area contributed by atoms with Crippen LogP contribution in [0.3, 0.4) is 0 Å². The number of methoxy groups -OCH3 is 1. The van der Waals surface area contributed by atoms with Crippen molar-refractivity contribution < 1.29 is 18.7 Å². The van der Waals surface area contributed by atoms with Crippen molar-refractivity contribution in [2.45, 2.75) is 32.0 Å². The Morgan fingerprint density at radius 1 is 0.944 bits per heavy atom. The normalized spacial score (nSPS) is 19.2. The Morgan fingerprint density at radius 3 is 2.42 bits per heavy atom. The molecule has 0 fully saturated rings. The molecule has 0 aliphatic heterocycles. The lowest BCUT2D eigenvalue weighted by Crippen LogP contribution is -2.30. The van der Waals surface area contributed by atoms with Crippen LogP contribution in [0.2, 0.25) is 0 Å². The van der Waals surface area contributed by atoms with Gasteiger partial charge < -0.3 is 14.2 Å². The van der Waals surface area contributed by atoms with Crippen molar-refractivity contribution in [2.75, 3.05) is 13.8 Å². The SMILES string of the molecule is COCc1cc(COP(C)(=O)O)cc(-c2ccc3c4c2C=CCC4(C)c2cccc4cccc-3c24)c1. The highest BCUT2D eigenvalue weighted by Crippen LogP contribution is 2.54. The second-order valence-electron chi connectivity index (χ2n) is 10.1. The Hall–Kier alpha value is -3.01. The number of benzene rings is 4. The van der Waals surface area contributed by atoms with Crippen molar-refractivity contribution in [3.8, 4) is 22.3 Å². The molecular formula is C31H29O4P. The minimum Gasteiger partial charge on any atom is -0.380 e. The molecule has 2 aliphatic carbocycles. The molecule has 4 aromatic rings. The van der Waals surface area contributed by atoms with Crippen molar-refractivity contribution in [3.05, 3.63) is 101 Å². The molecule has 0 radical (unpaired) electrons. The molecule has 182 valence electrons. The van der Waals surface area contributed by atoms with Gasteiger partial charge in [0.15, 0.2) is 0 Å². The summed E-state index contributed by atoms with van der Waals surface area (Å²) in [6, 6.07) is 23.9. The number of hydrogen-bond donors (Lipinski definition) is 1. The molecule has 0 heterocycles. The summed E-state index contributed by atoms with van der Waals surface area (Å²) in [5.41, 5.74) is 10.5. The molecule has 5 heteroatoms. The fourth-order valence-corrected chi connectivity index (χ4v) is 6.48. The van der Waals surface area contributed by atoms with Gasteiger partial charge in [-0.05, 0) is 79.4 Å². The summed E-state index contributed by atoms with van der Waals surface area (Å²) in [4.78, 5) is 9.66. The molecule has 6 rings (SSSR count). The highest BCUT2D eigenvalue weighted by Gasteiger charge is 2.40. The third-order valence-corrected chi connectivity index (χ3v) is 8.15. The van der Waals surface area contributed by atoms with Crippen LogP contribution in [0.4, 0.5) is 0 Å². The first-order chi connectivity index (χ1) is 17.3. The van der Waals surface area contributed by atoms with Gasteiger partial charge in [0, 0.05) is 19.2 Å². The Morgan fingerprint density at radius 2 is 1.67 bits per heavy atom. The minimum absolute atomic E-state index is 0.0675. The number of allylic oxidation sites excluding steroid dienone is 1. The zero-order valence-electron chi connectivity index (χ0n) is 20.7. The maximum atomic E-state index is 11.8. The van der Waals surface area contributed by atoms with Crippen molar-refractivity contribution in [1.82, 2.24) is 0 Å². The Balaban J connectivity index is 1.57. The molecule has 2 aliphatic rings. The monoisotopic (exact) mass is 496 g/mol. The van der Waals surface area contributed by atoms with E-state index in [0.717, 1.165) is 28.7 Å². The Kier molecular flexibility index (Phi) is 5.55. The molecular weight excluding hydrogens is 467 g/mol. The Bertz CT molecular complexity index is 1590. The molecule has 2 unspecified atom stereocenters. The van der Waals surface area contributed by atoms with Crippen molar-refractivity contribution in [2.24, 2.45) is 0 Å². The van der Waals surface area contributed by atoms with Gasteiger partial charge in [-0.25, -0.2) is 0 Å². The smallest absolute Gasteiger partial charge is 0.325 e. The van der Waals surface area contributed by atoms with Crippen LogP contribution in [-0.4, -0.2) is 18.7 Å². The lowest BCUT2D eigenvalue weighted by Gasteiger charge is -2.41. The van der Waals surface area contributed by atoms with Gasteiger partial charge in [-0.3, -0.25) is 4.57 Å². The first-order valence-corrected chi connectivity index (χ1v) is 14.2. The minimum atomic E-state index is -3.58. The highest BCUT2D eigenvalue weighted by atomic mass is 31.2. The largest absolute Gasteiger partial charge is 0.380 e. The van der Waals surface area contributed by atoms with Crippen molar-refractivity contribution in [1.29, 1.82) is 0 Å². The first kappa shape index (κ1) is 23.4. The van der Waals surface area contributed by atoms with Crippen LogP contribution in [-0.2, 0) is 32.5 Å². The van der Waals surface area contributed by atoms with Crippen LogP contribution in [0.5, 0.6) is 0 Å². The van der Waals surface area contributed by atoms with E-state index in [-0.39, 0.29) is 12.0 Å². The van der Waals surface area contributed by atoms with Gasteiger partial charge in [0.25, 0.3) is 0 Å². The van der Waals surface area contributed by atoms with E-state index < -0.39 is 7.60 Å². The molecule has 0 saturated carbocycles. The molecule has 4 nitrogen and oxygen atoms in total. The molecule has 0 aromatic heterocycles. The molecule has 4 aromatic carbocycles. The lowest BCUT2D eigenvalue weighted by molar-refractivity contribution is 0.184. The number of rotatable bonds is 6. The lowest BCUT2D eigenvalue weighted by atomic mass is 9.62. The maximum absolute atomic E-state index is 11.8. The number of hydrogen-bond acceptors (Lipinski definition) is 3. The summed E-state index contributed by atoms with van der Waals surface area (Å²) < 4.78 is 22.5. The van der Waals surface area contributed by atoms with Crippen LogP contribution in [0, 0.1) is 0 Å². The van der Waals surface area contributed by atoms with E-state index in [0.29, 0.717) is 6.61 Å². The van der Waals surface area contributed by atoms with E-state index in [1.807, 2.05) is 6.07 Å². The third kappa shape index (κ3) is 3.77. The predicted octanol–water partition coefficient (Wildman–Crippen LogP) is 7.69. The maximum Gasteiger partial charge on any atom is 0.325 e. The molecule has 0 bridgehead atoms. The zero-order chi connectivity index (χ0) is 25.1.